The Kier molecular flexibility index (Phi) is 4.60. The SMILES string of the molecule is O=c1[nH]ncc(N2CC[C@@H](Oc3cc(N4CC5CCC(C4)N5)ccn3)C2)c1Cl. The number of pyridine rings is 1. The van der Waals surface area contributed by atoms with Crippen molar-refractivity contribution in [1.29, 1.82) is 0 Å². The Hall–Kier alpha value is -2.32. The Labute approximate surface area is 167 Å². The third-order valence-electron chi connectivity index (χ3n) is 5.85. The van der Waals surface area contributed by atoms with Gasteiger partial charge in [-0.2, -0.15) is 5.10 Å². The lowest BCUT2D eigenvalue weighted by atomic mass is 10.2. The van der Waals surface area contributed by atoms with Crippen molar-refractivity contribution in [3.63, 3.8) is 0 Å². The maximum atomic E-state index is 11.7. The number of fused-ring (bicyclic) bond motifs is 2. The van der Waals surface area contributed by atoms with Crippen LogP contribution in [0.15, 0.2) is 29.3 Å². The second kappa shape index (κ2) is 7.25. The lowest BCUT2D eigenvalue weighted by Crippen LogP contribution is -2.51. The zero-order valence-corrected chi connectivity index (χ0v) is 16.2. The van der Waals surface area contributed by atoms with E-state index in [0.29, 0.717) is 30.2 Å². The van der Waals surface area contributed by atoms with Gasteiger partial charge in [0.05, 0.1) is 18.4 Å². The summed E-state index contributed by atoms with van der Waals surface area (Å²) in [5.41, 5.74) is 1.44. The van der Waals surface area contributed by atoms with Gasteiger partial charge in [0.15, 0.2) is 0 Å². The molecule has 2 aromatic heterocycles. The Morgan fingerprint density at radius 2 is 1.96 bits per heavy atom. The van der Waals surface area contributed by atoms with Crippen LogP contribution in [0.3, 0.4) is 0 Å². The first-order valence-electron chi connectivity index (χ1n) is 9.77. The number of hydrogen-bond donors (Lipinski definition) is 2. The molecule has 2 unspecified atom stereocenters. The maximum Gasteiger partial charge on any atom is 0.285 e. The number of piperazine rings is 1. The van der Waals surface area contributed by atoms with Gasteiger partial charge in [0.1, 0.15) is 11.1 Å². The van der Waals surface area contributed by atoms with Crippen LogP contribution in [-0.4, -0.2) is 59.5 Å². The summed E-state index contributed by atoms with van der Waals surface area (Å²) in [6.07, 6.45) is 6.76. The average Bonchev–Trinajstić information content (AvgIpc) is 3.30. The molecule has 3 aliphatic heterocycles. The van der Waals surface area contributed by atoms with Crippen LogP contribution in [0.4, 0.5) is 11.4 Å². The van der Waals surface area contributed by atoms with Gasteiger partial charge in [-0.1, -0.05) is 11.6 Å². The third-order valence-corrected chi connectivity index (χ3v) is 6.22. The largest absolute Gasteiger partial charge is 0.472 e. The molecule has 0 amide bonds. The molecule has 0 saturated carbocycles. The molecule has 3 fully saturated rings. The van der Waals surface area contributed by atoms with Gasteiger partial charge in [-0.25, -0.2) is 10.1 Å². The minimum atomic E-state index is -0.372. The van der Waals surface area contributed by atoms with Crippen molar-refractivity contribution in [1.82, 2.24) is 20.5 Å². The number of aromatic amines is 1. The van der Waals surface area contributed by atoms with Crippen LogP contribution in [0.1, 0.15) is 19.3 Å². The van der Waals surface area contributed by atoms with Crippen molar-refractivity contribution >= 4 is 23.0 Å². The quantitative estimate of drug-likeness (QED) is 0.799. The predicted molar refractivity (Wildman–Crippen MR) is 108 cm³/mol. The molecule has 0 radical (unpaired) electrons. The summed E-state index contributed by atoms with van der Waals surface area (Å²) in [5, 5.41) is 10.0. The summed E-state index contributed by atoms with van der Waals surface area (Å²) in [6, 6.07) is 5.27. The van der Waals surface area contributed by atoms with Gasteiger partial charge in [-0.05, 0) is 18.9 Å². The van der Waals surface area contributed by atoms with Gasteiger partial charge in [0, 0.05) is 56.1 Å². The zero-order valence-electron chi connectivity index (χ0n) is 15.5. The molecule has 3 atom stereocenters. The van der Waals surface area contributed by atoms with E-state index >= 15 is 0 Å². The highest BCUT2D eigenvalue weighted by atomic mass is 35.5. The fraction of sp³-hybridized carbons (Fsp3) is 0.526. The minimum absolute atomic E-state index is 0.00249. The smallest absolute Gasteiger partial charge is 0.285 e. The predicted octanol–water partition coefficient (Wildman–Crippen LogP) is 1.42. The van der Waals surface area contributed by atoms with E-state index in [0.717, 1.165) is 26.1 Å². The molecule has 5 rings (SSSR count). The summed E-state index contributed by atoms with van der Waals surface area (Å²) in [7, 11) is 0. The lowest BCUT2D eigenvalue weighted by Gasteiger charge is -2.34. The molecule has 0 aliphatic carbocycles. The number of ether oxygens (including phenoxy) is 1. The van der Waals surface area contributed by atoms with Gasteiger partial charge >= 0.3 is 0 Å². The summed E-state index contributed by atoms with van der Waals surface area (Å²) in [5.74, 6) is 0.644. The fourth-order valence-electron chi connectivity index (χ4n) is 4.48. The van der Waals surface area contributed by atoms with Crippen molar-refractivity contribution in [2.24, 2.45) is 0 Å². The van der Waals surface area contributed by atoms with Crippen molar-refractivity contribution in [2.75, 3.05) is 36.0 Å². The number of aromatic nitrogens is 3. The second-order valence-corrected chi connectivity index (χ2v) is 8.15. The lowest BCUT2D eigenvalue weighted by molar-refractivity contribution is 0.216. The molecule has 28 heavy (non-hydrogen) atoms. The van der Waals surface area contributed by atoms with Gasteiger partial charge in [-0.3, -0.25) is 4.79 Å². The van der Waals surface area contributed by atoms with Crippen LogP contribution in [0, 0.1) is 0 Å². The molecule has 5 heterocycles. The number of nitrogens with one attached hydrogen (secondary N) is 2. The van der Waals surface area contributed by atoms with Crippen LogP contribution >= 0.6 is 11.6 Å². The summed E-state index contributed by atoms with van der Waals surface area (Å²) in [6.45, 7) is 3.47. The van der Waals surface area contributed by atoms with E-state index in [1.807, 2.05) is 17.2 Å². The standard InChI is InChI=1S/C19H23ClN6O2/c20-18-16(8-22-24-19(18)27)25-6-4-15(11-25)28-17-7-14(3-5-21-17)26-9-12-1-2-13(10-26)23-12/h3,5,7-8,12-13,15,23H,1-2,4,6,9-11H2,(H,24,27)/t12?,13?,15-/m1/s1. The molecule has 3 saturated heterocycles. The summed E-state index contributed by atoms with van der Waals surface area (Å²) >= 11 is 6.13. The van der Waals surface area contributed by atoms with Crippen molar-refractivity contribution in [3.8, 4) is 5.88 Å². The molecule has 0 aromatic carbocycles. The van der Waals surface area contributed by atoms with Gasteiger partial charge in [0.25, 0.3) is 5.56 Å². The van der Waals surface area contributed by atoms with Crippen LogP contribution in [0.2, 0.25) is 5.02 Å². The first-order chi connectivity index (χ1) is 13.7. The first-order valence-corrected chi connectivity index (χ1v) is 10.2. The maximum absolute atomic E-state index is 11.7. The monoisotopic (exact) mass is 402 g/mol. The highest BCUT2D eigenvalue weighted by Gasteiger charge is 2.32. The Morgan fingerprint density at radius 3 is 2.79 bits per heavy atom. The number of rotatable bonds is 4. The molecule has 148 valence electrons. The van der Waals surface area contributed by atoms with E-state index in [4.69, 9.17) is 16.3 Å². The third kappa shape index (κ3) is 3.42. The minimum Gasteiger partial charge on any atom is -0.472 e. The van der Waals surface area contributed by atoms with Crippen LogP contribution < -0.4 is 25.4 Å². The van der Waals surface area contributed by atoms with E-state index in [9.17, 15) is 4.79 Å². The van der Waals surface area contributed by atoms with E-state index in [2.05, 4.69) is 31.5 Å². The summed E-state index contributed by atoms with van der Waals surface area (Å²) in [4.78, 5) is 20.5. The van der Waals surface area contributed by atoms with Crippen molar-refractivity contribution in [2.45, 2.75) is 37.5 Å². The normalized spacial score (nSPS) is 26.7. The van der Waals surface area contributed by atoms with E-state index < -0.39 is 0 Å². The van der Waals surface area contributed by atoms with Crippen LogP contribution in [0.5, 0.6) is 5.88 Å². The molecule has 8 nitrogen and oxygen atoms in total. The van der Waals surface area contributed by atoms with Crippen molar-refractivity contribution < 1.29 is 4.74 Å². The Bertz CT molecular complexity index is 909. The fourth-order valence-corrected chi connectivity index (χ4v) is 4.69. The number of nitrogens with zero attached hydrogens (tertiary/aromatic N) is 4. The van der Waals surface area contributed by atoms with E-state index in [1.54, 1.807) is 6.20 Å². The molecular weight excluding hydrogens is 380 g/mol. The zero-order chi connectivity index (χ0) is 19.1. The number of halogens is 1. The highest BCUT2D eigenvalue weighted by Crippen LogP contribution is 2.29. The van der Waals surface area contributed by atoms with Crippen LogP contribution in [0.25, 0.3) is 0 Å². The highest BCUT2D eigenvalue weighted by molar-refractivity contribution is 6.33. The van der Waals surface area contributed by atoms with Gasteiger partial charge < -0.3 is 19.9 Å². The Morgan fingerprint density at radius 1 is 1.14 bits per heavy atom. The molecule has 2 bridgehead atoms. The van der Waals surface area contributed by atoms with Gasteiger partial charge in [0.2, 0.25) is 5.88 Å². The molecular formula is C19H23ClN6O2. The molecule has 3 aliphatic rings. The molecule has 2 aromatic rings. The average molecular weight is 403 g/mol. The topological polar surface area (TPSA) is 86.4 Å². The molecule has 2 N–H and O–H groups in total. The number of hydrogen-bond acceptors (Lipinski definition) is 7. The van der Waals surface area contributed by atoms with E-state index in [1.165, 1.54) is 18.5 Å². The molecule has 9 heteroatoms. The molecule has 0 spiro atoms. The van der Waals surface area contributed by atoms with Gasteiger partial charge in [-0.15, -0.1) is 0 Å². The van der Waals surface area contributed by atoms with E-state index in [-0.39, 0.29) is 16.7 Å². The second-order valence-electron chi connectivity index (χ2n) is 7.77. The Balaban J connectivity index is 1.26. The summed E-state index contributed by atoms with van der Waals surface area (Å²) < 4.78 is 6.15. The first kappa shape index (κ1) is 17.8. The number of H-pyrrole nitrogens is 1. The van der Waals surface area contributed by atoms with Crippen LogP contribution in [-0.2, 0) is 0 Å². The van der Waals surface area contributed by atoms with Crippen molar-refractivity contribution in [3.05, 3.63) is 39.9 Å². The number of anilines is 2.